The minimum absolute atomic E-state index is 0.238. The third-order valence-corrected chi connectivity index (χ3v) is 4.10. The van der Waals surface area contributed by atoms with E-state index in [0.717, 1.165) is 4.57 Å². The molecule has 26 heavy (non-hydrogen) atoms. The number of ether oxygens (including phenoxy) is 2. The summed E-state index contributed by atoms with van der Waals surface area (Å²) in [6.07, 6.45) is -4.24. The fraction of sp³-hybridized carbons (Fsp3) is 0.353. The molecule has 2 heterocycles. The fourth-order valence-corrected chi connectivity index (χ4v) is 2.73. The lowest BCUT2D eigenvalue weighted by molar-refractivity contribution is -0.139. The quantitative estimate of drug-likeness (QED) is 0.492. The zero-order chi connectivity index (χ0) is 18.8. The van der Waals surface area contributed by atoms with Crippen LogP contribution in [0.5, 0.6) is 5.75 Å². The average Bonchev–Trinajstić information content (AvgIpc) is 2.87. The van der Waals surface area contributed by atoms with Gasteiger partial charge in [0.2, 0.25) is 0 Å². The molecule has 1 aliphatic heterocycles. The van der Waals surface area contributed by atoms with Crippen LogP contribution >= 0.6 is 0 Å². The van der Waals surface area contributed by atoms with E-state index in [9.17, 15) is 24.6 Å². The number of aromatic amines is 1. The molecule has 1 aromatic carbocycles. The average molecular weight is 362 g/mol. The Morgan fingerprint density at radius 3 is 2.62 bits per heavy atom. The minimum Gasteiger partial charge on any atom is -0.426 e. The summed E-state index contributed by atoms with van der Waals surface area (Å²) in [5.41, 5.74) is -1.10. The molecule has 138 valence electrons. The van der Waals surface area contributed by atoms with E-state index in [-0.39, 0.29) is 12.0 Å². The van der Waals surface area contributed by atoms with E-state index in [1.54, 1.807) is 30.3 Å². The Kier molecular flexibility index (Phi) is 5.03. The molecule has 0 unspecified atom stereocenters. The number of nitrogens with zero attached hydrogens (tertiary/aromatic N) is 1. The van der Waals surface area contributed by atoms with Crippen molar-refractivity contribution in [1.29, 1.82) is 0 Å². The molecule has 1 aromatic heterocycles. The number of benzene rings is 1. The molecule has 0 spiro atoms. The summed E-state index contributed by atoms with van der Waals surface area (Å²) in [6.45, 7) is 1.49. The molecule has 0 aliphatic carbocycles. The monoisotopic (exact) mass is 362 g/mol. The summed E-state index contributed by atoms with van der Waals surface area (Å²) in [5, 5.41) is 20.3. The molecule has 3 N–H and O–H groups in total. The van der Waals surface area contributed by atoms with Crippen LogP contribution in [0.1, 0.15) is 18.2 Å². The smallest absolute Gasteiger partial charge is 0.330 e. The van der Waals surface area contributed by atoms with Gasteiger partial charge >= 0.3 is 11.7 Å². The van der Waals surface area contributed by atoms with Gasteiger partial charge in [0.05, 0.1) is 12.5 Å². The van der Waals surface area contributed by atoms with Crippen molar-refractivity contribution in [3.05, 3.63) is 62.9 Å². The molecule has 1 aliphatic rings. The van der Waals surface area contributed by atoms with Gasteiger partial charge in [-0.05, 0) is 19.1 Å². The molecule has 0 saturated carbocycles. The van der Waals surface area contributed by atoms with Gasteiger partial charge in [0.15, 0.2) is 6.23 Å². The number of hydrogen-bond donors (Lipinski definition) is 3. The van der Waals surface area contributed by atoms with Crippen LogP contribution in [-0.4, -0.2) is 44.0 Å². The van der Waals surface area contributed by atoms with Crippen LogP contribution in [0.2, 0.25) is 0 Å². The molecule has 1 saturated heterocycles. The summed E-state index contributed by atoms with van der Waals surface area (Å²) in [6, 6.07) is 8.38. The number of aromatic nitrogens is 2. The van der Waals surface area contributed by atoms with Crippen molar-refractivity contribution in [2.45, 2.75) is 37.9 Å². The predicted octanol–water partition coefficient (Wildman–Crippen LogP) is -0.540. The Labute approximate surface area is 147 Å². The Morgan fingerprint density at radius 1 is 1.23 bits per heavy atom. The maximum atomic E-state index is 12.0. The lowest BCUT2D eigenvalue weighted by atomic mass is 10.1. The van der Waals surface area contributed by atoms with Gasteiger partial charge in [-0.1, -0.05) is 18.2 Å². The lowest BCUT2D eigenvalue weighted by Gasteiger charge is -2.17. The number of carbonyl (C=O) groups excluding carboxylic acids is 1. The maximum absolute atomic E-state index is 12.0. The SMILES string of the molecule is Cc1cn([C@@H]2O[C@@H](CC(=O)Oc3ccccc3)[C@@H](O)[C@@H]2O)c(=O)[nH]c1=O. The topological polar surface area (TPSA) is 131 Å². The normalized spacial score (nSPS) is 25.2. The summed E-state index contributed by atoms with van der Waals surface area (Å²) in [5.74, 6) is -0.312. The number of nitrogens with one attached hydrogen (secondary N) is 1. The first-order valence-electron chi connectivity index (χ1n) is 7.96. The fourth-order valence-electron chi connectivity index (χ4n) is 2.73. The molecule has 9 heteroatoms. The highest BCUT2D eigenvalue weighted by molar-refractivity contribution is 5.73. The second-order valence-electron chi connectivity index (χ2n) is 6.02. The van der Waals surface area contributed by atoms with Gasteiger partial charge in [-0.2, -0.15) is 0 Å². The van der Waals surface area contributed by atoms with E-state index < -0.39 is 41.8 Å². The Balaban J connectivity index is 1.74. The summed E-state index contributed by atoms with van der Waals surface area (Å²) in [7, 11) is 0. The molecule has 0 amide bonds. The number of aliphatic hydroxyl groups excluding tert-OH is 2. The van der Waals surface area contributed by atoms with Crippen LogP contribution in [0.3, 0.4) is 0 Å². The lowest BCUT2D eigenvalue weighted by Crippen LogP contribution is -2.38. The number of carbonyl (C=O) groups is 1. The van der Waals surface area contributed by atoms with Gasteiger partial charge in [0, 0.05) is 11.8 Å². The third kappa shape index (κ3) is 3.59. The van der Waals surface area contributed by atoms with Crippen molar-refractivity contribution in [2.75, 3.05) is 0 Å². The van der Waals surface area contributed by atoms with E-state index in [2.05, 4.69) is 4.98 Å². The maximum Gasteiger partial charge on any atom is 0.330 e. The standard InChI is InChI=1S/C17H18N2O7/c1-9-8-19(17(24)18-15(9)23)16-14(22)13(21)11(26-16)7-12(20)25-10-5-3-2-4-6-10/h2-6,8,11,13-14,16,21-22H,7H2,1H3,(H,18,23,24)/t11-,13+,14-,16+/m0/s1. The van der Waals surface area contributed by atoms with Gasteiger partial charge < -0.3 is 19.7 Å². The highest BCUT2D eigenvalue weighted by Crippen LogP contribution is 2.30. The first kappa shape index (κ1) is 18.1. The van der Waals surface area contributed by atoms with Crippen molar-refractivity contribution >= 4 is 5.97 Å². The minimum atomic E-state index is -1.45. The van der Waals surface area contributed by atoms with Crippen LogP contribution in [-0.2, 0) is 9.53 Å². The highest BCUT2D eigenvalue weighted by atomic mass is 16.6. The van der Waals surface area contributed by atoms with Crippen molar-refractivity contribution in [2.24, 2.45) is 0 Å². The number of para-hydroxylation sites is 1. The van der Waals surface area contributed by atoms with Gasteiger partial charge in [-0.15, -0.1) is 0 Å². The summed E-state index contributed by atoms with van der Waals surface area (Å²) < 4.78 is 11.6. The third-order valence-electron chi connectivity index (χ3n) is 4.10. The first-order valence-corrected chi connectivity index (χ1v) is 7.96. The molecule has 3 rings (SSSR count). The van der Waals surface area contributed by atoms with Crippen molar-refractivity contribution in [3.8, 4) is 5.75 Å². The zero-order valence-electron chi connectivity index (χ0n) is 13.9. The number of aryl methyl sites for hydroxylation is 1. The zero-order valence-corrected chi connectivity index (χ0v) is 13.9. The van der Waals surface area contributed by atoms with Gasteiger partial charge in [0.1, 0.15) is 18.0 Å². The van der Waals surface area contributed by atoms with Gasteiger partial charge in [0.25, 0.3) is 5.56 Å². The summed E-state index contributed by atoms with van der Waals surface area (Å²) >= 11 is 0. The van der Waals surface area contributed by atoms with E-state index in [1.807, 2.05) is 0 Å². The van der Waals surface area contributed by atoms with E-state index in [1.165, 1.54) is 13.1 Å². The van der Waals surface area contributed by atoms with Crippen LogP contribution in [0.15, 0.2) is 46.1 Å². The Bertz CT molecular complexity index is 905. The number of aliphatic hydroxyl groups is 2. The Hall–Kier alpha value is -2.75. The van der Waals surface area contributed by atoms with E-state index in [4.69, 9.17) is 9.47 Å². The van der Waals surface area contributed by atoms with Crippen LogP contribution in [0.4, 0.5) is 0 Å². The van der Waals surface area contributed by atoms with E-state index >= 15 is 0 Å². The van der Waals surface area contributed by atoms with Crippen LogP contribution in [0.25, 0.3) is 0 Å². The number of H-pyrrole nitrogens is 1. The van der Waals surface area contributed by atoms with Crippen molar-refractivity contribution in [3.63, 3.8) is 0 Å². The number of rotatable bonds is 4. The highest BCUT2D eigenvalue weighted by Gasteiger charge is 2.45. The molecule has 9 nitrogen and oxygen atoms in total. The molecular weight excluding hydrogens is 344 g/mol. The molecule has 0 bridgehead atoms. The molecule has 4 atom stereocenters. The molecule has 1 fully saturated rings. The second kappa shape index (κ2) is 7.24. The largest absolute Gasteiger partial charge is 0.426 e. The first-order chi connectivity index (χ1) is 12.4. The number of esters is 1. The summed E-state index contributed by atoms with van der Waals surface area (Å²) in [4.78, 5) is 37.5. The van der Waals surface area contributed by atoms with Crippen molar-refractivity contribution < 1.29 is 24.5 Å². The van der Waals surface area contributed by atoms with Crippen molar-refractivity contribution in [1.82, 2.24) is 9.55 Å². The molecule has 2 aromatic rings. The predicted molar refractivity (Wildman–Crippen MR) is 88.7 cm³/mol. The van der Waals surface area contributed by atoms with Crippen LogP contribution in [0, 0.1) is 6.92 Å². The molecular formula is C17H18N2O7. The molecule has 0 radical (unpaired) electrons. The van der Waals surface area contributed by atoms with Crippen LogP contribution < -0.4 is 16.0 Å². The number of hydrogen-bond acceptors (Lipinski definition) is 7. The Morgan fingerprint density at radius 2 is 1.92 bits per heavy atom. The van der Waals surface area contributed by atoms with E-state index in [0.29, 0.717) is 5.75 Å². The second-order valence-corrected chi connectivity index (χ2v) is 6.02. The van der Waals surface area contributed by atoms with Gasteiger partial charge in [-0.3, -0.25) is 19.1 Å². The van der Waals surface area contributed by atoms with Gasteiger partial charge in [-0.25, -0.2) is 4.79 Å².